The van der Waals surface area contributed by atoms with Crippen LogP contribution in [-0.4, -0.2) is 57.5 Å². The summed E-state index contributed by atoms with van der Waals surface area (Å²) >= 11 is 7.85. The van der Waals surface area contributed by atoms with Crippen molar-refractivity contribution in [2.24, 2.45) is 5.92 Å². The number of hydrogen-bond acceptors (Lipinski definition) is 10. The summed E-state index contributed by atoms with van der Waals surface area (Å²) in [5.74, 6) is 0.473. The third-order valence-corrected chi connectivity index (χ3v) is 19.3. The first-order valence-electron chi connectivity index (χ1n) is 13.8. The molecule has 2 saturated heterocycles. The van der Waals surface area contributed by atoms with E-state index in [2.05, 4.69) is 69.2 Å². The smallest absolute Gasteiger partial charge is 0.280 e. The minimum atomic E-state index is -2.67. The van der Waals surface area contributed by atoms with E-state index < -0.39 is 20.2 Å². The predicted molar refractivity (Wildman–Crippen MR) is 166 cm³/mol. The summed E-state index contributed by atoms with van der Waals surface area (Å²) in [5, 5.41) is 0.0468. The maximum Gasteiger partial charge on any atom is 0.280 e. The fraction of sp³-hybridized carbons (Fsp3) is 0.731. The molecule has 0 aromatic carbocycles. The van der Waals surface area contributed by atoms with Gasteiger partial charge in [-0.25, -0.2) is 4.98 Å². The van der Waals surface area contributed by atoms with Crippen molar-refractivity contribution in [2.75, 3.05) is 12.3 Å². The van der Waals surface area contributed by atoms with Crippen molar-refractivity contribution in [1.29, 1.82) is 0 Å². The molecule has 3 N–H and O–H groups in total. The number of anilines is 1. The van der Waals surface area contributed by atoms with E-state index >= 15 is 0 Å². The molecule has 14 heteroatoms. The average molecular weight is 628 g/mol. The Morgan fingerprint density at radius 3 is 2.83 bits per heavy atom. The Morgan fingerprint density at radius 2 is 2.15 bits per heavy atom. The van der Waals surface area contributed by atoms with Crippen LogP contribution in [0.5, 0.6) is 0 Å². The highest BCUT2D eigenvalue weighted by Gasteiger charge is 2.55. The lowest BCUT2D eigenvalue weighted by Gasteiger charge is -2.37. The zero-order valence-corrected chi connectivity index (χ0v) is 28.0. The van der Waals surface area contributed by atoms with E-state index in [-0.39, 0.29) is 45.1 Å². The lowest BCUT2D eigenvalue weighted by molar-refractivity contribution is -0.0370. The largest absolute Gasteiger partial charge is 0.414 e. The van der Waals surface area contributed by atoms with E-state index in [1.54, 1.807) is 22.3 Å². The molecule has 0 amide bonds. The van der Waals surface area contributed by atoms with Crippen LogP contribution in [0.2, 0.25) is 18.1 Å². The topological polar surface area (TPSA) is 127 Å². The van der Waals surface area contributed by atoms with Gasteiger partial charge in [-0.1, -0.05) is 44.3 Å². The Morgan fingerprint density at radius 1 is 1.43 bits per heavy atom. The number of ether oxygens (including phenoxy) is 1. The fourth-order valence-corrected chi connectivity index (χ4v) is 14.0. The summed E-state index contributed by atoms with van der Waals surface area (Å²) in [6, 6.07) is 0. The molecule has 7 atom stereocenters. The molecule has 0 spiro atoms. The van der Waals surface area contributed by atoms with Gasteiger partial charge in [0.05, 0.1) is 25.1 Å². The maximum absolute atomic E-state index is 12.4. The second-order valence-electron chi connectivity index (χ2n) is 13.1. The van der Waals surface area contributed by atoms with E-state index in [9.17, 15) is 4.79 Å². The van der Waals surface area contributed by atoms with Gasteiger partial charge in [0, 0.05) is 11.2 Å². The molecular formula is C26H42N5O5PS2Si. The van der Waals surface area contributed by atoms with Crippen molar-refractivity contribution < 1.29 is 18.2 Å². The highest BCUT2D eigenvalue weighted by Crippen LogP contribution is 2.76. The lowest BCUT2D eigenvalue weighted by Crippen LogP contribution is -2.44. The van der Waals surface area contributed by atoms with Crippen molar-refractivity contribution in [2.45, 2.75) is 108 Å². The average Bonchev–Trinajstić information content (AvgIpc) is 3.49. The summed E-state index contributed by atoms with van der Waals surface area (Å²) in [7, 11) is -2.06. The van der Waals surface area contributed by atoms with Gasteiger partial charge >= 0.3 is 0 Å². The number of hydrogen-bond donors (Lipinski definition) is 2. The Kier molecular flexibility index (Phi) is 8.05. The highest BCUT2D eigenvalue weighted by molar-refractivity contribution is 8.68. The van der Waals surface area contributed by atoms with Crippen LogP contribution in [0, 0.1) is 5.92 Å². The minimum Gasteiger partial charge on any atom is -0.414 e. The number of nitrogens with two attached hydrogens (primary N) is 1. The van der Waals surface area contributed by atoms with E-state index in [1.165, 1.54) is 5.57 Å². The van der Waals surface area contributed by atoms with Gasteiger partial charge in [0.1, 0.15) is 12.3 Å². The first-order valence-corrected chi connectivity index (χ1v) is 20.8. The van der Waals surface area contributed by atoms with Crippen molar-refractivity contribution >= 4 is 54.3 Å². The molecule has 1 saturated carbocycles. The molecule has 222 valence electrons. The second-order valence-corrected chi connectivity index (χ2v) is 24.5. The number of fused-ring (bicyclic) bond motifs is 2. The maximum atomic E-state index is 12.4. The number of rotatable bonds is 7. The van der Waals surface area contributed by atoms with Gasteiger partial charge in [-0.3, -0.25) is 14.3 Å². The van der Waals surface area contributed by atoms with Crippen LogP contribution in [0.15, 0.2) is 23.3 Å². The van der Waals surface area contributed by atoms with Crippen LogP contribution in [0.4, 0.5) is 5.95 Å². The van der Waals surface area contributed by atoms with Crippen molar-refractivity contribution in [3.63, 3.8) is 0 Å². The third kappa shape index (κ3) is 5.77. The molecule has 3 aliphatic rings. The highest BCUT2D eigenvalue weighted by atomic mass is 32.9. The lowest BCUT2D eigenvalue weighted by atomic mass is 9.77. The Bertz CT molecular complexity index is 1410. The number of nitrogen functional groups attached to an aromatic ring is 1. The van der Waals surface area contributed by atoms with E-state index in [0.717, 1.165) is 19.3 Å². The first kappa shape index (κ1) is 30.4. The molecule has 5 rings (SSSR count). The molecule has 4 heterocycles. The van der Waals surface area contributed by atoms with Crippen LogP contribution in [0.25, 0.3) is 11.2 Å². The van der Waals surface area contributed by atoms with Crippen molar-refractivity contribution in [3.8, 4) is 0 Å². The molecule has 1 aliphatic carbocycles. The van der Waals surface area contributed by atoms with Gasteiger partial charge in [0.25, 0.3) is 5.56 Å². The van der Waals surface area contributed by atoms with E-state index in [0.29, 0.717) is 24.6 Å². The molecule has 0 unspecified atom stereocenters. The van der Waals surface area contributed by atoms with Gasteiger partial charge in [0.15, 0.2) is 19.5 Å². The zero-order valence-electron chi connectivity index (χ0n) is 24.4. The molecule has 2 aromatic heterocycles. The molecule has 2 aliphatic heterocycles. The minimum absolute atomic E-state index is 0.0259. The standard InChI is InChI=1S/C26H42N5O5PS2Si/c1-15(2)16-9-10-26(6)19(11-16)36-37(38,39-26)35-17-12-20(34-18(17)13-33-40(7,8)25(3,4)5)31-14-28-21-22(31)29-24(27)30-23(21)32/h14,16-20H,1,9-13H2,2-8H3,(H3,27,29,30,32)/t16-,17-,18+,19+,20+,26+,37+/m0/s1. The Balaban J connectivity index is 1.40. The Labute approximate surface area is 246 Å². The summed E-state index contributed by atoms with van der Waals surface area (Å²) in [6.45, 7) is 20.0. The van der Waals surface area contributed by atoms with Gasteiger partial charge in [-0.05, 0) is 69.0 Å². The van der Waals surface area contributed by atoms with Gasteiger partial charge in [-0.2, -0.15) is 4.98 Å². The SMILES string of the molecule is C=C(C)[C@H]1CC[C@@]2(C)S[P@](=S)(O[C@H]3C[C@H](n4cnc5c(=O)[nH]c(N)nc54)O[C@@H]3CO[Si](C)(C)C(C)(C)C)O[C@@H]2C1. The van der Waals surface area contributed by atoms with Gasteiger partial charge < -0.3 is 23.9 Å². The second kappa shape index (κ2) is 10.6. The summed E-state index contributed by atoms with van der Waals surface area (Å²) < 4.78 is 28.2. The van der Waals surface area contributed by atoms with Gasteiger partial charge in [-0.15, -0.1) is 0 Å². The summed E-state index contributed by atoms with van der Waals surface area (Å²) in [4.78, 5) is 23.5. The molecule has 40 heavy (non-hydrogen) atoms. The Hall–Kier alpha value is -1.05. The molecule has 0 radical (unpaired) electrons. The molecular weight excluding hydrogens is 586 g/mol. The normalized spacial score (nSPS) is 34.8. The van der Waals surface area contributed by atoms with Crippen LogP contribution < -0.4 is 11.3 Å². The third-order valence-electron chi connectivity index (χ3n) is 9.06. The van der Waals surface area contributed by atoms with Crippen molar-refractivity contribution in [1.82, 2.24) is 19.5 Å². The van der Waals surface area contributed by atoms with Crippen LogP contribution >= 0.6 is 17.1 Å². The summed E-state index contributed by atoms with van der Waals surface area (Å²) in [6.07, 6.45) is 3.92. The predicted octanol–water partition coefficient (Wildman–Crippen LogP) is 5.89. The van der Waals surface area contributed by atoms with E-state index in [1.807, 2.05) is 0 Å². The number of aromatic nitrogens is 4. The fourth-order valence-electron chi connectivity index (χ4n) is 5.39. The van der Waals surface area contributed by atoms with Gasteiger partial charge in [0.2, 0.25) is 11.6 Å². The van der Waals surface area contributed by atoms with E-state index in [4.69, 9.17) is 35.8 Å². The molecule has 3 fully saturated rings. The zero-order chi connectivity index (χ0) is 29.3. The van der Waals surface area contributed by atoms with Crippen LogP contribution in [0.3, 0.4) is 0 Å². The number of allylic oxidation sites excluding steroid dienone is 1. The van der Waals surface area contributed by atoms with Crippen molar-refractivity contribution in [3.05, 3.63) is 28.8 Å². The number of aromatic amines is 1. The van der Waals surface area contributed by atoms with Crippen LogP contribution in [0.1, 0.15) is 66.5 Å². The monoisotopic (exact) mass is 627 g/mol. The number of H-pyrrole nitrogens is 1. The molecule has 10 nitrogen and oxygen atoms in total. The van der Waals surface area contributed by atoms with Crippen LogP contribution in [-0.2, 0) is 30.0 Å². The summed E-state index contributed by atoms with van der Waals surface area (Å²) in [5.41, 5.74) is 4.57. The number of nitrogens with one attached hydrogen (secondary N) is 1. The molecule has 0 bridgehead atoms. The quantitative estimate of drug-likeness (QED) is 0.218. The number of imidazole rings is 1. The number of nitrogens with zero attached hydrogens (tertiary/aromatic N) is 3. The molecule has 2 aromatic rings. The first-order chi connectivity index (χ1) is 18.5.